The Morgan fingerprint density at radius 1 is 1.53 bits per heavy atom. The van der Waals surface area contributed by atoms with Crippen molar-refractivity contribution in [3.8, 4) is 0 Å². The number of rotatable bonds is 6. The number of hydrogen-bond donors (Lipinski definition) is 2. The molecular weight excluding hydrogens is 208 g/mol. The highest BCUT2D eigenvalue weighted by atomic mass is 32.1. The van der Waals surface area contributed by atoms with E-state index >= 15 is 0 Å². The number of nitrogens with one attached hydrogen (secondary N) is 1. The first-order valence-electron chi connectivity index (χ1n) is 5.45. The lowest BCUT2D eigenvalue weighted by Crippen LogP contribution is -2.33. The van der Waals surface area contributed by atoms with Crippen molar-refractivity contribution in [2.24, 2.45) is 5.92 Å². The van der Waals surface area contributed by atoms with Gasteiger partial charge in [0.05, 0.1) is 5.01 Å². The number of aliphatic hydroxyl groups is 1. The summed E-state index contributed by atoms with van der Waals surface area (Å²) in [5.41, 5.74) is 0. The van der Waals surface area contributed by atoms with Gasteiger partial charge in [0.2, 0.25) is 0 Å². The molecule has 0 aromatic carbocycles. The van der Waals surface area contributed by atoms with Gasteiger partial charge in [0.1, 0.15) is 0 Å². The maximum atomic E-state index is 8.99. The quantitative estimate of drug-likeness (QED) is 0.780. The molecule has 1 aromatic rings. The molecule has 0 aliphatic rings. The molecular formula is C11H20N2OS. The van der Waals surface area contributed by atoms with E-state index in [0.29, 0.717) is 12.0 Å². The summed E-state index contributed by atoms with van der Waals surface area (Å²) in [6, 6.07) is 0.335. The molecule has 15 heavy (non-hydrogen) atoms. The van der Waals surface area contributed by atoms with Gasteiger partial charge in [-0.15, -0.1) is 11.3 Å². The Hall–Kier alpha value is -0.450. The Bertz CT molecular complexity index is 288. The van der Waals surface area contributed by atoms with E-state index < -0.39 is 0 Å². The molecule has 2 atom stereocenters. The minimum atomic E-state index is 0.233. The molecule has 0 saturated carbocycles. The lowest BCUT2D eigenvalue weighted by Gasteiger charge is -2.18. The Balaban J connectivity index is 2.36. The van der Waals surface area contributed by atoms with Gasteiger partial charge < -0.3 is 10.4 Å². The van der Waals surface area contributed by atoms with E-state index in [1.165, 1.54) is 9.88 Å². The minimum Gasteiger partial charge on any atom is -0.396 e. The number of hydrogen-bond acceptors (Lipinski definition) is 4. The second-order valence-electron chi connectivity index (χ2n) is 3.90. The summed E-state index contributed by atoms with van der Waals surface area (Å²) in [7, 11) is 0. The second-order valence-corrected chi connectivity index (χ2v) is 5.10. The molecule has 0 fully saturated rings. The van der Waals surface area contributed by atoms with Crippen molar-refractivity contribution in [3.05, 3.63) is 16.1 Å². The topological polar surface area (TPSA) is 45.2 Å². The van der Waals surface area contributed by atoms with Crippen LogP contribution in [0.1, 0.15) is 30.7 Å². The van der Waals surface area contributed by atoms with Gasteiger partial charge >= 0.3 is 0 Å². The van der Waals surface area contributed by atoms with Crippen LogP contribution >= 0.6 is 11.3 Å². The summed E-state index contributed by atoms with van der Waals surface area (Å²) < 4.78 is 0. The summed E-state index contributed by atoms with van der Waals surface area (Å²) in [6.45, 7) is 7.34. The average molecular weight is 228 g/mol. The van der Waals surface area contributed by atoms with Crippen molar-refractivity contribution < 1.29 is 5.11 Å². The van der Waals surface area contributed by atoms with Gasteiger partial charge in [-0.25, -0.2) is 4.98 Å². The third-order valence-electron chi connectivity index (χ3n) is 2.64. The summed E-state index contributed by atoms with van der Waals surface area (Å²) in [5.74, 6) is 0.295. The van der Waals surface area contributed by atoms with E-state index in [0.717, 1.165) is 13.0 Å². The predicted molar refractivity (Wildman–Crippen MR) is 64.0 cm³/mol. The zero-order valence-corrected chi connectivity index (χ0v) is 10.5. The van der Waals surface area contributed by atoms with Crippen LogP contribution in [0.2, 0.25) is 0 Å². The van der Waals surface area contributed by atoms with Crippen LogP contribution in [-0.2, 0) is 13.0 Å². The zero-order valence-electron chi connectivity index (χ0n) is 9.66. The maximum Gasteiger partial charge on any atom is 0.0925 e. The van der Waals surface area contributed by atoms with E-state index in [2.05, 4.69) is 24.1 Å². The highest BCUT2D eigenvalue weighted by Crippen LogP contribution is 2.13. The van der Waals surface area contributed by atoms with Crippen LogP contribution in [-0.4, -0.2) is 22.7 Å². The largest absolute Gasteiger partial charge is 0.396 e. The fourth-order valence-corrected chi connectivity index (χ4v) is 2.03. The molecule has 0 bridgehead atoms. The summed E-state index contributed by atoms with van der Waals surface area (Å²) in [4.78, 5) is 5.57. The summed E-state index contributed by atoms with van der Waals surface area (Å²) >= 11 is 1.76. The van der Waals surface area contributed by atoms with Crippen molar-refractivity contribution in [1.29, 1.82) is 0 Å². The molecule has 1 heterocycles. The van der Waals surface area contributed by atoms with Gasteiger partial charge in [-0.2, -0.15) is 0 Å². The fourth-order valence-electron chi connectivity index (χ4n) is 1.21. The maximum absolute atomic E-state index is 8.99. The number of thiazole rings is 1. The van der Waals surface area contributed by atoms with Crippen LogP contribution in [0.4, 0.5) is 0 Å². The standard InChI is InChI=1S/C11H20N2OS/c1-4-11-13-6-10(15-11)5-12-9(3)8(2)7-14/h6,8-9,12,14H,4-5,7H2,1-3H3. The minimum absolute atomic E-state index is 0.233. The molecule has 3 nitrogen and oxygen atoms in total. The fraction of sp³-hybridized carbons (Fsp3) is 0.727. The van der Waals surface area contributed by atoms with Gasteiger partial charge in [0, 0.05) is 30.3 Å². The van der Waals surface area contributed by atoms with Gasteiger partial charge in [-0.1, -0.05) is 13.8 Å². The van der Waals surface area contributed by atoms with Crippen LogP contribution in [0.15, 0.2) is 6.20 Å². The van der Waals surface area contributed by atoms with E-state index in [1.54, 1.807) is 11.3 Å². The smallest absolute Gasteiger partial charge is 0.0925 e. The first-order chi connectivity index (χ1) is 7.17. The second kappa shape index (κ2) is 6.20. The Morgan fingerprint density at radius 2 is 2.27 bits per heavy atom. The van der Waals surface area contributed by atoms with E-state index in [1.807, 2.05) is 13.1 Å². The van der Waals surface area contributed by atoms with E-state index in [9.17, 15) is 0 Å². The van der Waals surface area contributed by atoms with Crippen LogP contribution in [0, 0.1) is 5.92 Å². The summed E-state index contributed by atoms with van der Waals surface area (Å²) in [6.07, 6.45) is 2.94. The average Bonchev–Trinajstić information content (AvgIpc) is 2.72. The van der Waals surface area contributed by atoms with Crippen molar-refractivity contribution in [3.63, 3.8) is 0 Å². The number of aromatic nitrogens is 1. The lowest BCUT2D eigenvalue weighted by atomic mass is 10.1. The van der Waals surface area contributed by atoms with Crippen LogP contribution < -0.4 is 5.32 Å². The first-order valence-corrected chi connectivity index (χ1v) is 6.26. The van der Waals surface area contributed by atoms with Crippen LogP contribution in [0.25, 0.3) is 0 Å². The monoisotopic (exact) mass is 228 g/mol. The van der Waals surface area contributed by atoms with Crippen LogP contribution in [0.5, 0.6) is 0 Å². The molecule has 0 spiro atoms. The number of aliphatic hydroxyl groups excluding tert-OH is 1. The molecule has 0 amide bonds. The SMILES string of the molecule is CCc1ncc(CNC(C)C(C)CO)s1. The van der Waals surface area contributed by atoms with Crippen molar-refractivity contribution >= 4 is 11.3 Å². The Morgan fingerprint density at radius 3 is 2.80 bits per heavy atom. The molecule has 0 saturated heterocycles. The number of nitrogens with zero attached hydrogens (tertiary/aromatic N) is 1. The summed E-state index contributed by atoms with van der Waals surface area (Å²) in [5, 5.41) is 13.6. The predicted octanol–water partition coefficient (Wildman–Crippen LogP) is 1.81. The molecule has 0 aliphatic heterocycles. The molecule has 2 N–H and O–H groups in total. The molecule has 1 aromatic heterocycles. The number of aryl methyl sites for hydroxylation is 1. The first kappa shape index (κ1) is 12.6. The van der Waals surface area contributed by atoms with Crippen LogP contribution in [0.3, 0.4) is 0 Å². The highest BCUT2D eigenvalue weighted by molar-refractivity contribution is 7.11. The highest BCUT2D eigenvalue weighted by Gasteiger charge is 2.10. The molecule has 0 radical (unpaired) electrons. The Kier molecular flexibility index (Phi) is 5.22. The van der Waals surface area contributed by atoms with E-state index in [4.69, 9.17) is 5.11 Å². The van der Waals surface area contributed by atoms with Crippen molar-refractivity contribution in [1.82, 2.24) is 10.3 Å². The van der Waals surface area contributed by atoms with Crippen molar-refractivity contribution in [2.75, 3.05) is 6.61 Å². The molecule has 2 unspecified atom stereocenters. The third kappa shape index (κ3) is 3.89. The van der Waals surface area contributed by atoms with Gasteiger partial charge in [0.15, 0.2) is 0 Å². The normalized spacial score (nSPS) is 15.2. The zero-order chi connectivity index (χ0) is 11.3. The third-order valence-corrected chi connectivity index (χ3v) is 3.79. The molecule has 1 rings (SSSR count). The molecule has 86 valence electrons. The molecule has 4 heteroatoms. The lowest BCUT2D eigenvalue weighted by molar-refractivity contribution is 0.207. The molecule has 0 aliphatic carbocycles. The van der Waals surface area contributed by atoms with Gasteiger partial charge in [-0.05, 0) is 19.3 Å². The van der Waals surface area contributed by atoms with Gasteiger partial charge in [-0.3, -0.25) is 0 Å². The van der Waals surface area contributed by atoms with Crippen molar-refractivity contribution in [2.45, 2.75) is 39.8 Å². The van der Waals surface area contributed by atoms with Gasteiger partial charge in [0.25, 0.3) is 0 Å². The van der Waals surface area contributed by atoms with E-state index in [-0.39, 0.29) is 6.61 Å². The Labute approximate surface area is 95.6 Å².